The van der Waals surface area contributed by atoms with E-state index in [2.05, 4.69) is 6.58 Å². The number of hydrogen-bond donors (Lipinski definition) is 0. The average Bonchev–Trinajstić information content (AvgIpc) is 2.36. The van der Waals surface area contributed by atoms with Gasteiger partial charge < -0.3 is 0 Å². The molecule has 1 saturated heterocycles. The van der Waals surface area contributed by atoms with Crippen LogP contribution in [-0.4, -0.2) is 17.3 Å². The molecule has 0 N–H and O–H groups in total. The van der Waals surface area contributed by atoms with Crippen LogP contribution in [0, 0.1) is 11.2 Å². The smallest absolute Gasteiger partial charge is 0.141 e. The van der Waals surface area contributed by atoms with Crippen LogP contribution in [0.25, 0.3) is 0 Å². The summed E-state index contributed by atoms with van der Waals surface area (Å²) in [6.45, 7) is 3.77. The molecular weight excluding hydrogens is 247 g/mol. The van der Waals surface area contributed by atoms with Crippen molar-refractivity contribution in [3.63, 3.8) is 0 Å². The molecule has 18 heavy (non-hydrogen) atoms. The number of carbonyl (C=O) groups is 1. The van der Waals surface area contributed by atoms with E-state index in [1.54, 1.807) is 12.1 Å². The van der Waals surface area contributed by atoms with Crippen LogP contribution in [0.5, 0.6) is 0 Å². The van der Waals surface area contributed by atoms with E-state index in [1.165, 1.54) is 12.1 Å². The first-order valence-electron chi connectivity index (χ1n) is 6.13. The van der Waals surface area contributed by atoms with E-state index < -0.39 is 0 Å². The SMILES string of the molecule is C=CC[C@@]1(Cc2ccc(F)cc2)CSCCC1=O. The molecule has 0 spiro atoms. The van der Waals surface area contributed by atoms with Crippen molar-refractivity contribution in [1.29, 1.82) is 0 Å². The highest BCUT2D eigenvalue weighted by Crippen LogP contribution is 2.38. The third kappa shape index (κ3) is 2.83. The molecule has 0 amide bonds. The Hall–Kier alpha value is -1.09. The third-order valence-electron chi connectivity index (χ3n) is 3.43. The van der Waals surface area contributed by atoms with Gasteiger partial charge in [-0.2, -0.15) is 11.8 Å². The minimum absolute atomic E-state index is 0.235. The lowest BCUT2D eigenvalue weighted by Crippen LogP contribution is -2.39. The van der Waals surface area contributed by atoms with E-state index in [1.807, 2.05) is 17.8 Å². The second-order valence-electron chi connectivity index (χ2n) is 4.80. The number of carbonyl (C=O) groups excluding carboxylic acids is 1. The topological polar surface area (TPSA) is 17.1 Å². The Morgan fingerprint density at radius 1 is 1.39 bits per heavy atom. The van der Waals surface area contributed by atoms with Crippen LogP contribution in [0.1, 0.15) is 18.4 Å². The molecular formula is C15H17FOS. The summed E-state index contributed by atoms with van der Waals surface area (Å²) in [4.78, 5) is 12.2. The van der Waals surface area contributed by atoms with Gasteiger partial charge in [0.1, 0.15) is 11.6 Å². The molecule has 0 saturated carbocycles. The zero-order valence-electron chi connectivity index (χ0n) is 10.3. The molecule has 0 unspecified atom stereocenters. The highest BCUT2D eigenvalue weighted by atomic mass is 32.2. The average molecular weight is 264 g/mol. The largest absolute Gasteiger partial charge is 0.299 e. The number of ketones is 1. The molecule has 1 aromatic rings. The number of halogens is 1. The maximum absolute atomic E-state index is 12.9. The Bertz CT molecular complexity index is 440. The summed E-state index contributed by atoms with van der Waals surface area (Å²) in [5.74, 6) is 1.85. The first kappa shape index (κ1) is 13.3. The maximum Gasteiger partial charge on any atom is 0.141 e. The summed E-state index contributed by atoms with van der Waals surface area (Å²) in [6, 6.07) is 6.45. The molecule has 0 aromatic heterocycles. The predicted octanol–water partition coefficient (Wildman–Crippen LogP) is 3.64. The second kappa shape index (κ2) is 5.70. The Morgan fingerprint density at radius 2 is 2.11 bits per heavy atom. The molecule has 0 aliphatic carbocycles. The molecule has 1 fully saturated rings. The normalized spacial score (nSPS) is 23.9. The monoisotopic (exact) mass is 264 g/mol. The summed E-state index contributed by atoms with van der Waals surface area (Å²) in [5.41, 5.74) is 0.691. The Kier molecular flexibility index (Phi) is 4.23. The lowest BCUT2D eigenvalue weighted by atomic mass is 9.75. The van der Waals surface area contributed by atoms with Gasteiger partial charge in [0.05, 0.1) is 0 Å². The highest BCUT2D eigenvalue weighted by Gasteiger charge is 2.39. The fourth-order valence-corrected chi connectivity index (χ4v) is 3.69. The van der Waals surface area contributed by atoms with E-state index in [4.69, 9.17) is 0 Å². The van der Waals surface area contributed by atoms with Crippen LogP contribution >= 0.6 is 11.8 Å². The van der Waals surface area contributed by atoms with Crippen molar-refractivity contribution in [1.82, 2.24) is 0 Å². The van der Waals surface area contributed by atoms with Crippen LogP contribution in [0.4, 0.5) is 4.39 Å². The molecule has 96 valence electrons. The summed E-state index contributed by atoms with van der Waals surface area (Å²) in [7, 11) is 0. The van der Waals surface area contributed by atoms with E-state index in [9.17, 15) is 9.18 Å². The van der Waals surface area contributed by atoms with E-state index in [0.29, 0.717) is 25.0 Å². The Balaban J connectivity index is 2.22. The predicted molar refractivity (Wildman–Crippen MR) is 74.3 cm³/mol. The van der Waals surface area contributed by atoms with Crippen molar-refractivity contribution in [3.8, 4) is 0 Å². The second-order valence-corrected chi connectivity index (χ2v) is 5.91. The number of hydrogen-bond acceptors (Lipinski definition) is 2. The lowest BCUT2D eigenvalue weighted by molar-refractivity contribution is -0.127. The summed E-state index contributed by atoms with van der Waals surface area (Å²) < 4.78 is 12.9. The molecule has 1 aromatic carbocycles. The van der Waals surface area contributed by atoms with E-state index in [-0.39, 0.29) is 11.2 Å². The lowest BCUT2D eigenvalue weighted by Gasteiger charge is -2.34. The first-order chi connectivity index (χ1) is 8.66. The third-order valence-corrected chi connectivity index (χ3v) is 4.68. The number of benzene rings is 1. The Labute approximate surface area is 111 Å². The van der Waals surface area contributed by atoms with E-state index in [0.717, 1.165) is 17.1 Å². The quantitative estimate of drug-likeness (QED) is 0.772. The molecule has 2 rings (SSSR count). The van der Waals surface area contributed by atoms with Crippen molar-refractivity contribution in [2.24, 2.45) is 5.41 Å². The number of allylic oxidation sites excluding steroid dienone is 1. The van der Waals surface area contributed by atoms with Crippen LogP contribution in [0.2, 0.25) is 0 Å². The van der Waals surface area contributed by atoms with Crippen molar-refractivity contribution < 1.29 is 9.18 Å². The molecule has 1 heterocycles. The van der Waals surface area contributed by atoms with Crippen LogP contribution in [0.3, 0.4) is 0 Å². The van der Waals surface area contributed by atoms with Gasteiger partial charge in [-0.3, -0.25) is 4.79 Å². The fraction of sp³-hybridized carbons (Fsp3) is 0.400. The van der Waals surface area contributed by atoms with Gasteiger partial charge >= 0.3 is 0 Å². The van der Waals surface area contributed by atoms with E-state index >= 15 is 0 Å². The van der Waals surface area contributed by atoms with Crippen LogP contribution in [0.15, 0.2) is 36.9 Å². The van der Waals surface area contributed by atoms with Crippen molar-refractivity contribution in [2.45, 2.75) is 19.3 Å². The highest BCUT2D eigenvalue weighted by molar-refractivity contribution is 7.99. The number of rotatable bonds is 4. The molecule has 1 aliphatic rings. The van der Waals surface area contributed by atoms with Crippen molar-refractivity contribution >= 4 is 17.5 Å². The maximum atomic E-state index is 12.9. The number of Topliss-reactive ketones (excluding diaryl/α,β-unsaturated/α-hetero) is 1. The van der Waals surface area contributed by atoms with Gasteiger partial charge in [0.2, 0.25) is 0 Å². The van der Waals surface area contributed by atoms with Gasteiger partial charge in [-0.15, -0.1) is 6.58 Å². The molecule has 1 nitrogen and oxygen atoms in total. The van der Waals surface area contributed by atoms with Gasteiger partial charge in [0.25, 0.3) is 0 Å². The van der Waals surface area contributed by atoms with Gasteiger partial charge in [0, 0.05) is 23.3 Å². The van der Waals surface area contributed by atoms with Gasteiger partial charge in [-0.1, -0.05) is 18.2 Å². The van der Waals surface area contributed by atoms with Crippen LogP contribution in [-0.2, 0) is 11.2 Å². The summed E-state index contributed by atoms with van der Waals surface area (Å²) >= 11 is 1.83. The van der Waals surface area contributed by atoms with Crippen molar-refractivity contribution in [2.75, 3.05) is 11.5 Å². The minimum Gasteiger partial charge on any atom is -0.299 e. The fourth-order valence-electron chi connectivity index (χ4n) is 2.44. The molecule has 0 bridgehead atoms. The van der Waals surface area contributed by atoms with Crippen molar-refractivity contribution in [3.05, 3.63) is 48.3 Å². The summed E-state index contributed by atoms with van der Waals surface area (Å²) in [6.07, 6.45) is 3.86. The standard InChI is InChI=1S/C15H17FOS/c1-2-8-15(11-18-9-7-14(15)17)10-12-3-5-13(16)6-4-12/h2-6H,1,7-11H2/t15-/m1/s1. The summed E-state index contributed by atoms with van der Waals surface area (Å²) in [5, 5.41) is 0. The zero-order valence-corrected chi connectivity index (χ0v) is 11.1. The molecule has 3 heteroatoms. The van der Waals surface area contributed by atoms with Gasteiger partial charge in [-0.05, 0) is 30.5 Å². The van der Waals surface area contributed by atoms with Gasteiger partial charge in [0.15, 0.2) is 0 Å². The number of thioether (sulfide) groups is 1. The molecule has 1 atom stereocenters. The molecule has 1 aliphatic heterocycles. The Morgan fingerprint density at radius 3 is 2.72 bits per heavy atom. The molecule has 0 radical (unpaired) electrons. The first-order valence-corrected chi connectivity index (χ1v) is 7.28. The van der Waals surface area contributed by atoms with Gasteiger partial charge in [-0.25, -0.2) is 4.39 Å². The van der Waals surface area contributed by atoms with Crippen LogP contribution < -0.4 is 0 Å². The minimum atomic E-state index is -0.331. The zero-order chi connectivity index (χ0) is 13.0.